The van der Waals surface area contributed by atoms with Gasteiger partial charge in [0.25, 0.3) is 5.91 Å². The summed E-state index contributed by atoms with van der Waals surface area (Å²) < 4.78 is 0.840. The lowest BCUT2D eigenvalue weighted by molar-refractivity contribution is 0.0630. The van der Waals surface area contributed by atoms with Crippen molar-refractivity contribution in [1.82, 2.24) is 19.9 Å². The summed E-state index contributed by atoms with van der Waals surface area (Å²) in [6, 6.07) is 9.86. The average molecular weight is 440 g/mol. The van der Waals surface area contributed by atoms with Crippen molar-refractivity contribution >= 4 is 38.7 Å². The van der Waals surface area contributed by atoms with E-state index in [0.717, 1.165) is 52.4 Å². The minimum absolute atomic E-state index is 0.0740. The van der Waals surface area contributed by atoms with E-state index in [1.807, 2.05) is 42.2 Å². The second-order valence-corrected chi connectivity index (χ2v) is 8.00. The Labute approximate surface area is 172 Å². The van der Waals surface area contributed by atoms with E-state index in [1.165, 1.54) is 0 Å². The van der Waals surface area contributed by atoms with Crippen molar-refractivity contribution in [1.29, 1.82) is 0 Å². The van der Waals surface area contributed by atoms with Crippen molar-refractivity contribution in [3.05, 3.63) is 58.5 Å². The summed E-state index contributed by atoms with van der Waals surface area (Å²) in [4.78, 5) is 28.5. The molecule has 0 radical (unpaired) electrons. The fourth-order valence-corrected chi connectivity index (χ4v) is 3.94. The molecule has 1 aliphatic rings. The van der Waals surface area contributed by atoms with Gasteiger partial charge in [0.05, 0.1) is 15.6 Å². The molecule has 1 atom stereocenters. The number of anilines is 1. The van der Waals surface area contributed by atoms with Crippen LogP contribution in [0, 0.1) is 6.92 Å². The van der Waals surface area contributed by atoms with Gasteiger partial charge in [-0.15, -0.1) is 0 Å². The zero-order valence-corrected chi connectivity index (χ0v) is 17.3. The van der Waals surface area contributed by atoms with Gasteiger partial charge in [-0.25, -0.2) is 9.97 Å². The monoisotopic (exact) mass is 439 g/mol. The standard InChI is InChI=1S/C21H22BrN5O/c1-14-10-18(17-7-2-3-8-19(17)26-14)20(28)27-9-5-4-6-16(27)13-25-21-23-11-15(22)12-24-21/h2-3,7-8,10-12,16H,4-6,9,13H2,1H3,(H,23,24,25)/t16-/m0/s1. The second-order valence-electron chi connectivity index (χ2n) is 7.08. The van der Waals surface area contributed by atoms with Crippen molar-refractivity contribution in [3.63, 3.8) is 0 Å². The molecule has 0 aliphatic carbocycles. The summed E-state index contributed by atoms with van der Waals surface area (Å²) >= 11 is 3.34. The lowest BCUT2D eigenvalue weighted by atomic mass is 9.99. The molecule has 1 amide bonds. The molecular weight excluding hydrogens is 418 g/mol. The number of halogens is 1. The highest BCUT2D eigenvalue weighted by Gasteiger charge is 2.28. The number of hydrogen-bond acceptors (Lipinski definition) is 5. The smallest absolute Gasteiger partial charge is 0.254 e. The Balaban J connectivity index is 1.57. The number of rotatable bonds is 4. The van der Waals surface area contributed by atoms with E-state index in [4.69, 9.17) is 0 Å². The van der Waals surface area contributed by atoms with Gasteiger partial charge in [0.1, 0.15) is 0 Å². The van der Waals surface area contributed by atoms with E-state index < -0.39 is 0 Å². The third-order valence-electron chi connectivity index (χ3n) is 5.08. The molecule has 3 heterocycles. The molecule has 28 heavy (non-hydrogen) atoms. The highest BCUT2D eigenvalue weighted by atomic mass is 79.9. The molecular formula is C21H22BrN5O. The van der Waals surface area contributed by atoms with Gasteiger partial charge < -0.3 is 10.2 Å². The molecule has 1 fully saturated rings. The van der Waals surface area contributed by atoms with E-state index in [2.05, 4.69) is 36.2 Å². The Hall–Kier alpha value is -2.54. The van der Waals surface area contributed by atoms with Crippen LogP contribution in [0.3, 0.4) is 0 Å². The third-order valence-corrected chi connectivity index (χ3v) is 5.49. The molecule has 1 aliphatic heterocycles. The average Bonchev–Trinajstić information content (AvgIpc) is 2.72. The van der Waals surface area contributed by atoms with Gasteiger partial charge in [-0.2, -0.15) is 0 Å². The number of aryl methyl sites for hydroxylation is 1. The maximum atomic E-state index is 13.5. The minimum atomic E-state index is 0.0740. The first-order valence-corrected chi connectivity index (χ1v) is 10.3. The Kier molecular flexibility index (Phi) is 5.52. The van der Waals surface area contributed by atoms with Crippen LogP contribution in [0.15, 0.2) is 47.2 Å². The number of benzene rings is 1. The lowest BCUT2D eigenvalue weighted by Crippen LogP contribution is -2.47. The van der Waals surface area contributed by atoms with E-state index in [0.29, 0.717) is 12.5 Å². The number of carbonyl (C=O) groups excluding carboxylic acids is 1. The van der Waals surface area contributed by atoms with E-state index in [1.54, 1.807) is 12.4 Å². The van der Waals surface area contributed by atoms with Crippen LogP contribution < -0.4 is 5.32 Å². The van der Waals surface area contributed by atoms with Crippen molar-refractivity contribution in [2.45, 2.75) is 32.2 Å². The molecule has 0 saturated carbocycles. The Bertz CT molecular complexity index is 992. The molecule has 2 aromatic heterocycles. The predicted molar refractivity (Wildman–Crippen MR) is 113 cm³/mol. The lowest BCUT2D eigenvalue weighted by Gasteiger charge is -2.36. The normalized spacial score (nSPS) is 16.9. The number of para-hydroxylation sites is 1. The molecule has 0 unspecified atom stereocenters. The van der Waals surface area contributed by atoms with Gasteiger partial charge in [-0.05, 0) is 54.2 Å². The van der Waals surface area contributed by atoms with Crippen LogP contribution in [0.5, 0.6) is 0 Å². The van der Waals surface area contributed by atoms with Gasteiger partial charge >= 0.3 is 0 Å². The second kappa shape index (κ2) is 8.22. The SMILES string of the molecule is Cc1cc(C(=O)N2CCCC[C@H]2CNc2ncc(Br)cn2)c2ccccc2n1. The first-order valence-electron chi connectivity index (χ1n) is 9.50. The first-order chi connectivity index (χ1) is 13.6. The quantitative estimate of drug-likeness (QED) is 0.659. The molecule has 0 bridgehead atoms. The van der Waals surface area contributed by atoms with E-state index in [-0.39, 0.29) is 11.9 Å². The Morgan fingerprint density at radius 2 is 2.04 bits per heavy atom. The van der Waals surface area contributed by atoms with E-state index in [9.17, 15) is 4.79 Å². The summed E-state index contributed by atoms with van der Waals surface area (Å²) in [6.07, 6.45) is 6.54. The molecule has 7 heteroatoms. The summed E-state index contributed by atoms with van der Waals surface area (Å²) in [7, 11) is 0. The number of hydrogen-bond donors (Lipinski definition) is 1. The Morgan fingerprint density at radius 1 is 1.25 bits per heavy atom. The summed E-state index contributed by atoms with van der Waals surface area (Å²) in [5, 5.41) is 4.19. The van der Waals surface area contributed by atoms with Crippen LogP contribution in [0.4, 0.5) is 5.95 Å². The molecule has 3 aromatic rings. The third kappa shape index (κ3) is 3.99. The van der Waals surface area contributed by atoms with Gasteiger partial charge in [0, 0.05) is 42.6 Å². The summed E-state index contributed by atoms with van der Waals surface area (Å²) in [5.41, 5.74) is 2.45. The van der Waals surface area contributed by atoms with Crippen LogP contribution in [0.1, 0.15) is 35.3 Å². The zero-order valence-electron chi connectivity index (χ0n) is 15.7. The number of piperidine rings is 1. The molecule has 1 aromatic carbocycles. The molecule has 1 N–H and O–H groups in total. The topological polar surface area (TPSA) is 71.0 Å². The first kappa shape index (κ1) is 18.8. The highest BCUT2D eigenvalue weighted by Crippen LogP contribution is 2.24. The maximum Gasteiger partial charge on any atom is 0.254 e. The number of fused-ring (bicyclic) bond motifs is 1. The van der Waals surface area contributed by atoms with E-state index >= 15 is 0 Å². The number of carbonyl (C=O) groups is 1. The largest absolute Gasteiger partial charge is 0.352 e. The Morgan fingerprint density at radius 3 is 2.86 bits per heavy atom. The molecule has 4 rings (SSSR count). The van der Waals surface area contributed by atoms with Gasteiger partial charge in [0.15, 0.2) is 0 Å². The minimum Gasteiger partial charge on any atom is -0.352 e. The van der Waals surface area contributed by atoms with Gasteiger partial charge in [0.2, 0.25) is 5.95 Å². The van der Waals surface area contributed by atoms with Crippen molar-refractivity contribution in [3.8, 4) is 0 Å². The molecule has 6 nitrogen and oxygen atoms in total. The van der Waals surface area contributed by atoms with Crippen molar-refractivity contribution in [2.75, 3.05) is 18.4 Å². The highest BCUT2D eigenvalue weighted by molar-refractivity contribution is 9.10. The van der Waals surface area contributed by atoms with Gasteiger partial charge in [-0.3, -0.25) is 9.78 Å². The molecule has 144 valence electrons. The van der Waals surface area contributed by atoms with Gasteiger partial charge in [-0.1, -0.05) is 18.2 Å². The van der Waals surface area contributed by atoms with Crippen LogP contribution in [-0.2, 0) is 0 Å². The summed E-state index contributed by atoms with van der Waals surface area (Å²) in [5.74, 6) is 0.649. The zero-order chi connectivity index (χ0) is 19.5. The van der Waals surface area contributed by atoms with Crippen LogP contribution >= 0.6 is 15.9 Å². The van der Waals surface area contributed by atoms with Crippen molar-refractivity contribution in [2.24, 2.45) is 0 Å². The molecule has 1 saturated heterocycles. The number of pyridine rings is 1. The summed E-state index contributed by atoms with van der Waals surface area (Å²) in [6.45, 7) is 3.33. The number of nitrogens with one attached hydrogen (secondary N) is 1. The number of aromatic nitrogens is 3. The molecule has 0 spiro atoms. The fourth-order valence-electron chi connectivity index (χ4n) is 3.73. The number of amides is 1. The van der Waals surface area contributed by atoms with Crippen molar-refractivity contribution < 1.29 is 4.79 Å². The van der Waals surface area contributed by atoms with Crippen LogP contribution in [0.2, 0.25) is 0 Å². The fraction of sp³-hybridized carbons (Fsp3) is 0.333. The van der Waals surface area contributed by atoms with Crippen LogP contribution in [-0.4, -0.2) is 44.9 Å². The van der Waals surface area contributed by atoms with Crippen LogP contribution in [0.25, 0.3) is 10.9 Å². The predicted octanol–water partition coefficient (Wildman–Crippen LogP) is 4.20. The maximum absolute atomic E-state index is 13.5. The number of nitrogens with zero attached hydrogens (tertiary/aromatic N) is 4. The number of likely N-dealkylation sites (tertiary alicyclic amines) is 1.